The number of nitrogens with zero attached hydrogens (tertiary/aromatic N) is 3. The van der Waals surface area contributed by atoms with Crippen LogP contribution in [-0.2, 0) is 12.6 Å². The summed E-state index contributed by atoms with van der Waals surface area (Å²) in [6, 6.07) is 9.92. The summed E-state index contributed by atoms with van der Waals surface area (Å²) in [5.41, 5.74) is 1.02. The molecule has 1 atom stereocenters. The standard InChI is InChI=1S/C26H25ClF3N3O2/c27-19-6-7-22-20(15-19)25(34)24-21(31-8-11-32-9-1-2-10-32)13-17(14-23(24)33(22)35)16-4-3-5-18(12-16)26(28,29)30/h3-7,12,15,17,35H,1-2,8-11,13-14H2. The van der Waals surface area contributed by atoms with E-state index < -0.39 is 11.7 Å². The van der Waals surface area contributed by atoms with Gasteiger partial charge in [-0.25, -0.2) is 0 Å². The van der Waals surface area contributed by atoms with Gasteiger partial charge in [-0.1, -0.05) is 29.8 Å². The molecule has 2 aromatic carbocycles. The zero-order valence-electron chi connectivity index (χ0n) is 19.0. The van der Waals surface area contributed by atoms with Gasteiger partial charge in [-0.2, -0.15) is 17.9 Å². The number of fused-ring (bicyclic) bond motifs is 2. The van der Waals surface area contributed by atoms with Crippen LogP contribution in [0.2, 0.25) is 5.02 Å². The number of aliphatic imine (C=N–C) groups is 1. The zero-order valence-corrected chi connectivity index (χ0v) is 19.7. The third-order valence-electron chi connectivity index (χ3n) is 6.97. The van der Waals surface area contributed by atoms with Crippen molar-refractivity contribution < 1.29 is 18.4 Å². The van der Waals surface area contributed by atoms with Gasteiger partial charge in [0.05, 0.1) is 34.3 Å². The summed E-state index contributed by atoms with van der Waals surface area (Å²) in [6.07, 6.45) is -1.62. The molecule has 184 valence electrons. The Kier molecular flexibility index (Phi) is 6.36. The van der Waals surface area contributed by atoms with Crippen molar-refractivity contribution >= 4 is 28.2 Å². The fraction of sp³-hybridized carbons (Fsp3) is 0.385. The molecular formula is C26H25ClF3N3O2. The van der Waals surface area contributed by atoms with Crippen molar-refractivity contribution in [2.75, 3.05) is 26.2 Å². The Morgan fingerprint density at radius 3 is 2.60 bits per heavy atom. The van der Waals surface area contributed by atoms with E-state index >= 15 is 0 Å². The van der Waals surface area contributed by atoms with E-state index in [0.717, 1.165) is 49.3 Å². The maximum Gasteiger partial charge on any atom is 0.416 e. The quantitative estimate of drug-likeness (QED) is 0.476. The number of halogens is 4. The van der Waals surface area contributed by atoms with Crippen molar-refractivity contribution in [2.45, 2.75) is 37.8 Å². The molecule has 0 bridgehead atoms. The van der Waals surface area contributed by atoms with Crippen LogP contribution in [0, 0.1) is 0 Å². The molecule has 1 aliphatic carbocycles. The number of likely N-dealkylation sites (tertiary alicyclic amines) is 1. The first-order valence-corrected chi connectivity index (χ1v) is 12.1. The van der Waals surface area contributed by atoms with Crippen LogP contribution in [0.1, 0.15) is 47.6 Å². The molecule has 0 spiro atoms. The first-order chi connectivity index (χ1) is 16.7. The van der Waals surface area contributed by atoms with Crippen molar-refractivity contribution in [1.29, 1.82) is 0 Å². The molecule has 1 N–H and O–H groups in total. The molecule has 2 heterocycles. The van der Waals surface area contributed by atoms with E-state index in [-0.39, 0.29) is 23.2 Å². The molecule has 5 nitrogen and oxygen atoms in total. The predicted octanol–water partition coefficient (Wildman–Crippen LogP) is 5.53. The van der Waals surface area contributed by atoms with Gasteiger partial charge in [0.15, 0.2) is 5.43 Å². The smallest absolute Gasteiger partial charge is 0.416 e. The summed E-state index contributed by atoms with van der Waals surface area (Å²) >= 11 is 6.12. The Balaban J connectivity index is 1.60. The molecule has 9 heteroatoms. The first-order valence-electron chi connectivity index (χ1n) is 11.7. The largest absolute Gasteiger partial charge is 0.428 e. The molecule has 0 radical (unpaired) electrons. The van der Waals surface area contributed by atoms with Gasteiger partial charge in [-0.05, 0) is 74.5 Å². The van der Waals surface area contributed by atoms with Crippen molar-refractivity contribution in [3.63, 3.8) is 0 Å². The third kappa shape index (κ3) is 4.69. The number of rotatable bonds is 4. The minimum Gasteiger partial charge on any atom is -0.428 e. The monoisotopic (exact) mass is 503 g/mol. The highest BCUT2D eigenvalue weighted by molar-refractivity contribution is 6.31. The summed E-state index contributed by atoms with van der Waals surface area (Å²) in [6.45, 7) is 3.25. The second-order valence-corrected chi connectivity index (χ2v) is 9.67. The molecule has 1 fully saturated rings. The molecule has 3 aromatic rings. The number of hydrogen-bond donors (Lipinski definition) is 1. The highest BCUT2D eigenvalue weighted by atomic mass is 35.5. The number of pyridine rings is 1. The Morgan fingerprint density at radius 2 is 1.86 bits per heavy atom. The predicted molar refractivity (Wildman–Crippen MR) is 130 cm³/mol. The summed E-state index contributed by atoms with van der Waals surface area (Å²) in [7, 11) is 0. The Bertz CT molecular complexity index is 1360. The van der Waals surface area contributed by atoms with Crippen LogP contribution in [0.4, 0.5) is 13.2 Å². The summed E-state index contributed by atoms with van der Waals surface area (Å²) in [5.74, 6) is -0.363. The van der Waals surface area contributed by atoms with E-state index in [2.05, 4.69) is 4.90 Å². The number of aromatic nitrogens is 1. The van der Waals surface area contributed by atoms with Crippen molar-refractivity contribution in [1.82, 2.24) is 9.63 Å². The first kappa shape index (κ1) is 23.9. The van der Waals surface area contributed by atoms with Gasteiger partial charge in [-0.15, -0.1) is 0 Å². The molecule has 0 amide bonds. The molecule has 1 aliphatic heterocycles. The second-order valence-electron chi connectivity index (χ2n) is 9.23. The topological polar surface area (TPSA) is 57.8 Å². The molecule has 0 saturated carbocycles. The maximum absolute atomic E-state index is 13.5. The van der Waals surface area contributed by atoms with Crippen molar-refractivity contribution in [2.24, 2.45) is 4.99 Å². The fourth-order valence-electron chi connectivity index (χ4n) is 5.20. The van der Waals surface area contributed by atoms with Gasteiger partial charge >= 0.3 is 6.18 Å². The van der Waals surface area contributed by atoms with E-state index in [1.54, 1.807) is 18.2 Å². The molecular weight excluding hydrogens is 479 g/mol. The van der Waals surface area contributed by atoms with Crippen LogP contribution in [0.3, 0.4) is 0 Å². The van der Waals surface area contributed by atoms with Gasteiger partial charge in [0.1, 0.15) is 0 Å². The summed E-state index contributed by atoms with van der Waals surface area (Å²) in [4.78, 5) is 20.6. The Hall–Kier alpha value is -2.84. The van der Waals surface area contributed by atoms with Crippen LogP contribution >= 0.6 is 11.6 Å². The van der Waals surface area contributed by atoms with Crippen LogP contribution in [0.25, 0.3) is 10.9 Å². The maximum atomic E-state index is 13.5. The number of hydrogen-bond acceptors (Lipinski definition) is 4. The average molecular weight is 504 g/mol. The second kappa shape index (κ2) is 9.32. The normalized spacial score (nSPS) is 20.0. The molecule has 1 unspecified atom stereocenters. The van der Waals surface area contributed by atoms with E-state index in [9.17, 15) is 23.2 Å². The average Bonchev–Trinajstić information content (AvgIpc) is 3.35. The van der Waals surface area contributed by atoms with Gasteiger partial charge in [0.2, 0.25) is 0 Å². The minimum atomic E-state index is -4.45. The van der Waals surface area contributed by atoms with Crippen LogP contribution in [-0.4, -0.2) is 46.7 Å². The third-order valence-corrected chi connectivity index (χ3v) is 7.21. The van der Waals surface area contributed by atoms with Crippen molar-refractivity contribution in [3.05, 3.63) is 80.1 Å². The van der Waals surface area contributed by atoms with E-state index in [4.69, 9.17) is 16.6 Å². The fourth-order valence-corrected chi connectivity index (χ4v) is 5.37. The molecule has 1 aromatic heterocycles. The van der Waals surface area contributed by atoms with Crippen LogP contribution in [0.5, 0.6) is 0 Å². The Morgan fingerprint density at radius 1 is 1.09 bits per heavy atom. The molecule has 35 heavy (non-hydrogen) atoms. The van der Waals surface area contributed by atoms with Gasteiger partial charge in [0, 0.05) is 17.3 Å². The van der Waals surface area contributed by atoms with Crippen LogP contribution < -0.4 is 5.43 Å². The van der Waals surface area contributed by atoms with Crippen LogP contribution in [0.15, 0.2) is 52.3 Å². The van der Waals surface area contributed by atoms with E-state index in [0.29, 0.717) is 46.0 Å². The molecule has 5 rings (SSSR count). The van der Waals surface area contributed by atoms with E-state index in [1.807, 2.05) is 0 Å². The lowest BCUT2D eigenvalue weighted by Crippen LogP contribution is -2.32. The number of benzene rings is 2. The summed E-state index contributed by atoms with van der Waals surface area (Å²) < 4.78 is 41.1. The lowest BCUT2D eigenvalue weighted by Gasteiger charge is -2.28. The lowest BCUT2D eigenvalue weighted by atomic mass is 9.80. The minimum absolute atomic E-state index is 0.214. The lowest BCUT2D eigenvalue weighted by molar-refractivity contribution is -0.137. The van der Waals surface area contributed by atoms with Gasteiger partial charge in [-0.3, -0.25) is 9.79 Å². The zero-order chi connectivity index (χ0) is 24.7. The SMILES string of the molecule is O=c1c2c(n(O)c3ccc(Cl)cc13)CC(c1cccc(C(F)(F)F)c1)CC2=NCCN1CCCC1. The highest BCUT2D eigenvalue weighted by Crippen LogP contribution is 2.36. The van der Waals surface area contributed by atoms with E-state index in [1.165, 1.54) is 12.1 Å². The van der Waals surface area contributed by atoms with Gasteiger partial charge < -0.3 is 10.1 Å². The highest BCUT2D eigenvalue weighted by Gasteiger charge is 2.34. The van der Waals surface area contributed by atoms with Gasteiger partial charge in [0.25, 0.3) is 0 Å². The Labute approximate surface area is 205 Å². The molecule has 1 saturated heterocycles. The van der Waals surface area contributed by atoms with Crippen molar-refractivity contribution in [3.8, 4) is 0 Å². The summed E-state index contributed by atoms with van der Waals surface area (Å²) in [5, 5.41) is 11.7. The molecule has 2 aliphatic rings. The number of alkyl halides is 3.